The number of nitrogens with two attached hydrogens (primary N) is 1. The van der Waals surface area contributed by atoms with Gasteiger partial charge in [0.25, 0.3) is 11.8 Å². The molecule has 0 spiro atoms. The standard InChI is InChI=1S/C23H24ClN3O3/c1-26(2)13-23(7-8-23)15-5-3-4-14(10-15)6-9-27-21(29)18-12-16(24)11-17(20(25)28)19(18)22(27)30/h3-5,10-12H,6-9,13H2,1-2H3,(H2,25,28). The molecule has 2 N–H and O–H groups in total. The van der Waals surface area contributed by atoms with Crippen LogP contribution in [-0.2, 0) is 11.8 Å². The van der Waals surface area contributed by atoms with Crippen molar-refractivity contribution in [2.75, 3.05) is 27.2 Å². The molecule has 4 rings (SSSR count). The average Bonchev–Trinajstić information content (AvgIpc) is 3.42. The van der Waals surface area contributed by atoms with Gasteiger partial charge in [0, 0.05) is 23.5 Å². The first-order valence-electron chi connectivity index (χ1n) is 9.95. The molecule has 0 atom stereocenters. The normalized spacial score (nSPS) is 16.9. The lowest BCUT2D eigenvalue weighted by molar-refractivity contribution is 0.0654. The van der Waals surface area contributed by atoms with Gasteiger partial charge >= 0.3 is 0 Å². The third-order valence-electron chi connectivity index (χ3n) is 5.94. The molecule has 1 heterocycles. The number of primary amides is 1. The predicted octanol–water partition coefficient (Wildman–Crippen LogP) is 2.87. The van der Waals surface area contributed by atoms with E-state index in [0.29, 0.717) is 6.42 Å². The van der Waals surface area contributed by atoms with Crippen molar-refractivity contribution in [1.82, 2.24) is 9.80 Å². The minimum absolute atomic E-state index is 0.0142. The zero-order chi connectivity index (χ0) is 21.6. The van der Waals surface area contributed by atoms with Crippen LogP contribution in [0.25, 0.3) is 0 Å². The summed E-state index contributed by atoms with van der Waals surface area (Å²) < 4.78 is 0. The number of benzene rings is 2. The minimum Gasteiger partial charge on any atom is -0.366 e. The molecule has 2 aromatic carbocycles. The number of nitrogens with zero attached hydrogens (tertiary/aromatic N) is 2. The van der Waals surface area contributed by atoms with E-state index in [-0.39, 0.29) is 33.7 Å². The zero-order valence-corrected chi connectivity index (χ0v) is 17.8. The molecule has 1 aliphatic carbocycles. The molecular weight excluding hydrogens is 402 g/mol. The van der Waals surface area contributed by atoms with Crippen molar-refractivity contribution in [1.29, 1.82) is 0 Å². The van der Waals surface area contributed by atoms with Crippen molar-refractivity contribution < 1.29 is 14.4 Å². The highest BCUT2D eigenvalue weighted by Crippen LogP contribution is 2.48. The van der Waals surface area contributed by atoms with E-state index in [9.17, 15) is 14.4 Å². The Morgan fingerprint density at radius 2 is 1.90 bits per heavy atom. The van der Waals surface area contributed by atoms with Crippen LogP contribution in [0.3, 0.4) is 0 Å². The van der Waals surface area contributed by atoms with Crippen LogP contribution in [0.4, 0.5) is 0 Å². The molecule has 0 radical (unpaired) electrons. The SMILES string of the molecule is CN(C)CC1(c2cccc(CCN3C(=O)c4cc(Cl)cc(C(N)=O)c4C3=O)c2)CC1. The van der Waals surface area contributed by atoms with Crippen LogP contribution in [0, 0.1) is 0 Å². The van der Waals surface area contributed by atoms with Crippen molar-refractivity contribution in [3.05, 3.63) is 69.2 Å². The molecule has 1 fully saturated rings. The van der Waals surface area contributed by atoms with E-state index in [1.54, 1.807) is 0 Å². The van der Waals surface area contributed by atoms with Gasteiger partial charge in [0.15, 0.2) is 0 Å². The Bertz CT molecular complexity index is 1060. The summed E-state index contributed by atoms with van der Waals surface area (Å²) in [5.74, 6) is -1.72. The molecule has 0 bridgehead atoms. The molecule has 3 amide bonds. The molecule has 7 heteroatoms. The van der Waals surface area contributed by atoms with E-state index < -0.39 is 17.7 Å². The van der Waals surface area contributed by atoms with Gasteiger partial charge in [-0.05, 0) is 56.6 Å². The Morgan fingerprint density at radius 3 is 2.53 bits per heavy atom. The molecule has 0 aromatic heterocycles. The first kappa shape index (κ1) is 20.6. The molecule has 1 aliphatic heterocycles. The number of imide groups is 1. The lowest BCUT2D eigenvalue weighted by Crippen LogP contribution is -2.32. The van der Waals surface area contributed by atoms with Gasteiger partial charge in [-0.15, -0.1) is 0 Å². The Kier molecular flexibility index (Phi) is 5.16. The summed E-state index contributed by atoms with van der Waals surface area (Å²) in [6, 6.07) is 11.1. The van der Waals surface area contributed by atoms with Gasteiger partial charge in [-0.1, -0.05) is 35.9 Å². The van der Waals surface area contributed by atoms with E-state index in [2.05, 4.69) is 31.1 Å². The summed E-state index contributed by atoms with van der Waals surface area (Å²) in [6.45, 7) is 1.23. The lowest BCUT2D eigenvalue weighted by Gasteiger charge is -2.21. The lowest BCUT2D eigenvalue weighted by atomic mass is 9.93. The number of carbonyl (C=O) groups is 3. The smallest absolute Gasteiger partial charge is 0.262 e. The number of likely N-dealkylation sites (N-methyl/N-ethyl adjacent to an activating group) is 1. The van der Waals surface area contributed by atoms with Crippen LogP contribution in [0.5, 0.6) is 0 Å². The molecule has 0 unspecified atom stereocenters. The highest BCUT2D eigenvalue weighted by Gasteiger charge is 2.44. The van der Waals surface area contributed by atoms with Crippen LogP contribution >= 0.6 is 11.6 Å². The third kappa shape index (κ3) is 3.61. The monoisotopic (exact) mass is 425 g/mol. The number of halogens is 1. The fourth-order valence-corrected chi connectivity index (χ4v) is 4.59. The van der Waals surface area contributed by atoms with Gasteiger partial charge in [-0.25, -0.2) is 0 Å². The highest BCUT2D eigenvalue weighted by atomic mass is 35.5. The Balaban J connectivity index is 1.53. The maximum absolute atomic E-state index is 12.9. The Hall–Kier alpha value is -2.70. The van der Waals surface area contributed by atoms with Gasteiger partial charge in [-0.3, -0.25) is 19.3 Å². The van der Waals surface area contributed by atoms with Gasteiger partial charge in [-0.2, -0.15) is 0 Å². The van der Waals surface area contributed by atoms with E-state index in [1.165, 1.54) is 35.4 Å². The van der Waals surface area contributed by atoms with Gasteiger partial charge in [0.2, 0.25) is 5.91 Å². The van der Waals surface area contributed by atoms with Gasteiger partial charge < -0.3 is 10.6 Å². The fraction of sp³-hybridized carbons (Fsp3) is 0.348. The van der Waals surface area contributed by atoms with Crippen LogP contribution in [0.2, 0.25) is 5.02 Å². The zero-order valence-electron chi connectivity index (χ0n) is 17.1. The molecule has 1 saturated carbocycles. The van der Waals surface area contributed by atoms with E-state index in [0.717, 1.165) is 12.1 Å². The number of carbonyl (C=O) groups excluding carboxylic acids is 3. The molecule has 156 valence electrons. The summed E-state index contributed by atoms with van der Waals surface area (Å²) in [7, 11) is 4.16. The summed E-state index contributed by atoms with van der Waals surface area (Å²) in [6.07, 6.45) is 2.88. The van der Waals surface area contributed by atoms with E-state index in [1.807, 2.05) is 12.1 Å². The number of rotatable bonds is 7. The van der Waals surface area contributed by atoms with Crippen LogP contribution in [0.1, 0.15) is 55.0 Å². The van der Waals surface area contributed by atoms with Gasteiger partial charge in [0.05, 0.1) is 16.7 Å². The van der Waals surface area contributed by atoms with Crippen LogP contribution in [0.15, 0.2) is 36.4 Å². The van der Waals surface area contributed by atoms with Crippen molar-refractivity contribution in [3.8, 4) is 0 Å². The Labute approximate surface area is 180 Å². The van der Waals surface area contributed by atoms with Crippen molar-refractivity contribution >= 4 is 29.3 Å². The largest absolute Gasteiger partial charge is 0.366 e. The maximum Gasteiger partial charge on any atom is 0.262 e. The van der Waals surface area contributed by atoms with Gasteiger partial charge in [0.1, 0.15) is 0 Å². The molecule has 2 aromatic rings. The maximum atomic E-state index is 12.9. The number of hydrogen-bond acceptors (Lipinski definition) is 4. The summed E-state index contributed by atoms with van der Waals surface area (Å²) >= 11 is 6.01. The highest BCUT2D eigenvalue weighted by molar-refractivity contribution is 6.33. The molecular formula is C23H24ClN3O3. The molecule has 0 saturated heterocycles. The third-order valence-corrected chi connectivity index (χ3v) is 6.16. The molecule has 30 heavy (non-hydrogen) atoms. The van der Waals surface area contributed by atoms with Crippen molar-refractivity contribution in [3.63, 3.8) is 0 Å². The molecule has 6 nitrogen and oxygen atoms in total. The second-order valence-corrected chi connectivity index (χ2v) is 8.91. The minimum atomic E-state index is -0.778. The second kappa shape index (κ2) is 7.52. The van der Waals surface area contributed by atoms with Crippen molar-refractivity contribution in [2.24, 2.45) is 5.73 Å². The first-order valence-corrected chi connectivity index (χ1v) is 10.3. The summed E-state index contributed by atoms with van der Waals surface area (Å²) in [4.78, 5) is 40.8. The number of amides is 3. The van der Waals surface area contributed by atoms with Crippen molar-refractivity contribution in [2.45, 2.75) is 24.7 Å². The summed E-state index contributed by atoms with van der Waals surface area (Å²) in [5.41, 5.74) is 8.15. The number of fused-ring (bicyclic) bond motifs is 1. The number of hydrogen-bond donors (Lipinski definition) is 1. The predicted molar refractivity (Wildman–Crippen MR) is 115 cm³/mol. The fourth-order valence-electron chi connectivity index (χ4n) is 4.37. The van der Waals surface area contributed by atoms with E-state index >= 15 is 0 Å². The van der Waals surface area contributed by atoms with Crippen LogP contribution < -0.4 is 5.73 Å². The molecule has 2 aliphatic rings. The topological polar surface area (TPSA) is 83.7 Å². The quantitative estimate of drug-likeness (QED) is 0.691. The second-order valence-electron chi connectivity index (χ2n) is 8.47. The average molecular weight is 426 g/mol. The Morgan fingerprint density at radius 1 is 1.17 bits per heavy atom. The first-order chi connectivity index (χ1) is 14.2. The van der Waals surface area contributed by atoms with E-state index in [4.69, 9.17) is 17.3 Å². The summed E-state index contributed by atoms with van der Waals surface area (Å²) in [5, 5.41) is 0.203. The van der Waals surface area contributed by atoms with Crippen LogP contribution in [-0.4, -0.2) is 54.7 Å².